The second-order valence-electron chi connectivity index (χ2n) is 10.7. The molecule has 1 aliphatic rings. The smallest absolute Gasteiger partial charge is 0.320 e. The molecule has 2 unspecified atom stereocenters. The number of benzene rings is 3. The number of primary amides is 1. The van der Waals surface area contributed by atoms with Crippen molar-refractivity contribution in [2.24, 2.45) is 5.73 Å². The van der Waals surface area contributed by atoms with E-state index in [1.807, 2.05) is 64.1 Å². The number of amides is 4. The van der Waals surface area contributed by atoms with E-state index in [4.69, 9.17) is 5.73 Å². The highest BCUT2D eigenvalue weighted by Gasteiger charge is 2.41. The van der Waals surface area contributed by atoms with Crippen LogP contribution in [0.15, 0.2) is 72.8 Å². The molecule has 8 heteroatoms. The maximum Gasteiger partial charge on any atom is 0.320 e. The summed E-state index contributed by atoms with van der Waals surface area (Å²) in [6.07, 6.45) is 0.146. The van der Waals surface area contributed by atoms with E-state index in [1.54, 1.807) is 18.2 Å². The minimum absolute atomic E-state index is 0.146. The average molecular weight is 517 g/mol. The van der Waals surface area contributed by atoms with Crippen molar-refractivity contribution in [3.63, 3.8) is 0 Å². The maximum atomic E-state index is 14.7. The first kappa shape index (κ1) is 26.9. The third-order valence-electron chi connectivity index (χ3n) is 6.51. The summed E-state index contributed by atoms with van der Waals surface area (Å²) in [4.78, 5) is 42.8. The minimum Gasteiger partial charge on any atom is -0.351 e. The molecule has 0 bridgehead atoms. The molecule has 0 fully saturated rings. The fraction of sp³-hybridized carbons (Fsp3) is 0.300. The largest absolute Gasteiger partial charge is 0.351 e. The van der Waals surface area contributed by atoms with E-state index in [1.165, 1.54) is 28.0 Å². The van der Waals surface area contributed by atoms with E-state index in [-0.39, 0.29) is 18.9 Å². The van der Waals surface area contributed by atoms with Crippen molar-refractivity contribution in [2.75, 3.05) is 16.3 Å². The molecule has 1 aliphatic heterocycles. The van der Waals surface area contributed by atoms with Crippen LogP contribution in [0.2, 0.25) is 0 Å². The summed E-state index contributed by atoms with van der Waals surface area (Å²) in [5.74, 6) is -1.75. The number of anilines is 2. The topological polar surface area (TPSA) is 95.7 Å². The van der Waals surface area contributed by atoms with E-state index in [0.717, 1.165) is 11.1 Å². The maximum absolute atomic E-state index is 14.7. The third-order valence-corrected chi connectivity index (χ3v) is 6.51. The average Bonchev–Trinajstić information content (AvgIpc) is 2.94. The fourth-order valence-electron chi connectivity index (χ4n) is 5.02. The number of hydrogen-bond acceptors (Lipinski definition) is 3. The van der Waals surface area contributed by atoms with Gasteiger partial charge in [0.1, 0.15) is 18.4 Å². The van der Waals surface area contributed by atoms with Gasteiger partial charge in [0.2, 0.25) is 5.91 Å². The second-order valence-corrected chi connectivity index (χ2v) is 10.7. The van der Waals surface area contributed by atoms with Gasteiger partial charge in [0.25, 0.3) is 5.91 Å². The summed E-state index contributed by atoms with van der Waals surface area (Å²) in [7, 11) is 0. The van der Waals surface area contributed by atoms with E-state index in [9.17, 15) is 18.8 Å². The SMILES string of the molecule is Cc1cccc(N(C(N)=O)C2CC(c3ccccc3)c3cc(F)ccc3N(CC(=O)NC(C)(C)C)C2=O)c1. The number of rotatable bonds is 5. The third kappa shape index (κ3) is 5.85. The van der Waals surface area contributed by atoms with E-state index in [2.05, 4.69) is 5.32 Å². The molecule has 7 nitrogen and oxygen atoms in total. The van der Waals surface area contributed by atoms with E-state index in [0.29, 0.717) is 16.9 Å². The van der Waals surface area contributed by atoms with Gasteiger partial charge in [-0.2, -0.15) is 0 Å². The number of carbonyl (C=O) groups excluding carboxylic acids is 3. The van der Waals surface area contributed by atoms with Gasteiger partial charge < -0.3 is 16.0 Å². The Hall–Kier alpha value is -4.20. The lowest BCUT2D eigenvalue weighted by atomic mass is 9.85. The quantitative estimate of drug-likeness (QED) is 0.506. The standard InChI is InChI=1S/C30H33FN4O3/c1-19-9-8-12-22(15-19)35(29(32)38)26-17-23(20-10-6-5-7-11-20)24-16-21(31)13-14-25(24)34(28(26)37)18-27(36)33-30(2,3)4/h5-16,23,26H,17-18H2,1-4H3,(H2,32,38)(H,33,36). The number of nitrogens with one attached hydrogen (secondary N) is 1. The number of nitrogens with zero attached hydrogens (tertiary/aromatic N) is 2. The van der Waals surface area contributed by atoms with Gasteiger partial charge in [-0.25, -0.2) is 9.18 Å². The number of halogens is 1. The van der Waals surface area contributed by atoms with Gasteiger partial charge in [0, 0.05) is 22.8 Å². The zero-order chi connectivity index (χ0) is 27.6. The molecule has 4 amide bonds. The van der Waals surface area contributed by atoms with Gasteiger partial charge in [-0.3, -0.25) is 14.5 Å². The van der Waals surface area contributed by atoms with Gasteiger partial charge in [-0.05, 0) is 81.1 Å². The van der Waals surface area contributed by atoms with Crippen LogP contribution in [-0.2, 0) is 9.59 Å². The van der Waals surface area contributed by atoms with E-state index >= 15 is 0 Å². The minimum atomic E-state index is -1.04. The highest BCUT2D eigenvalue weighted by atomic mass is 19.1. The molecule has 3 aromatic rings. The molecule has 3 aromatic carbocycles. The Morgan fingerprint density at radius 3 is 2.39 bits per heavy atom. The second kappa shape index (κ2) is 10.7. The van der Waals surface area contributed by atoms with Crippen LogP contribution in [0.5, 0.6) is 0 Å². The van der Waals surface area contributed by atoms with E-state index < -0.39 is 35.3 Å². The highest BCUT2D eigenvalue weighted by Crippen LogP contribution is 2.41. The Balaban J connectivity index is 1.90. The summed E-state index contributed by atoms with van der Waals surface area (Å²) in [5, 5.41) is 2.89. The monoisotopic (exact) mass is 516 g/mol. The molecule has 198 valence electrons. The number of nitrogens with two attached hydrogens (primary N) is 1. The van der Waals surface area contributed by atoms with Crippen LogP contribution in [0.1, 0.15) is 49.8 Å². The normalized spacial score (nSPS) is 17.4. The Kier molecular flexibility index (Phi) is 7.53. The van der Waals surface area contributed by atoms with Crippen LogP contribution in [-0.4, -0.2) is 36.0 Å². The van der Waals surface area contributed by atoms with Gasteiger partial charge in [0.15, 0.2) is 0 Å². The molecule has 3 N–H and O–H groups in total. The molecular weight excluding hydrogens is 483 g/mol. The van der Waals surface area contributed by atoms with Crippen LogP contribution in [0.25, 0.3) is 0 Å². The first-order chi connectivity index (χ1) is 17.9. The van der Waals surface area contributed by atoms with Crippen molar-refractivity contribution < 1.29 is 18.8 Å². The molecule has 0 saturated heterocycles. The van der Waals surface area contributed by atoms with Crippen molar-refractivity contribution in [3.05, 3.63) is 95.3 Å². The Morgan fingerprint density at radius 2 is 1.76 bits per heavy atom. The molecule has 0 radical (unpaired) electrons. The van der Waals surface area contributed by atoms with Gasteiger partial charge >= 0.3 is 6.03 Å². The highest BCUT2D eigenvalue weighted by molar-refractivity contribution is 6.08. The van der Waals surface area contributed by atoms with Crippen LogP contribution < -0.4 is 20.9 Å². The van der Waals surface area contributed by atoms with Crippen molar-refractivity contribution in [1.29, 1.82) is 0 Å². The molecule has 38 heavy (non-hydrogen) atoms. The number of aryl methyl sites for hydroxylation is 1. The van der Waals surface area contributed by atoms with Crippen molar-refractivity contribution in [3.8, 4) is 0 Å². The zero-order valence-corrected chi connectivity index (χ0v) is 22.1. The van der Waals surface area contributed by atoms with Gasteiger partial charge in [-0.15, -0.1) is 0 Å². The van der Waals surface area contributed by atoms with Crippen LogP contribution in [0, 0.1) is 12.7 Å². The number of fused-ring (bicyclic) bond motifs is 1. The number of hydrogen-bond donors (Lipinski definition) is 2. The van der Waals surface area contributed by atoms with Crippen molar-refractivity contribution in [2.45, 2.75) is 51.6 Å². The molecule has 4 rings (SSSR count). The Bertz CT molecular complexity index is 1350. The first-order valence-electron chi connectivity index (χ1n) is 12.6. The first-order valence-corrected chi connectivity index (χ1v) is 12.6. The Morgan fingerprint density at radius 1 is 1.05 bits per heavy atom. The van der Waals surface area contributed by atoms with Crippen molar-refractivity contribution in [1.82, 2.24) is 5.32 Å². The van der Waals surface area contributed by atoms with Gasteiger partial charge in [-0.1, -0.05) is 42.5 Å². The van der Waals surface area contributed by atoms with Crippen molar-refractivity contribution >= 4 is 29.2 Å². The summed E-state index contributed by atoms with van der Waals surface area (Å²) in [5.41, 5.74) is 8.56. The lowest BCUT2D eigenvalue weighted by Gasteiger charge is -2.33. The lowest BCUT2D eigenvalue weighted by molar-refractivity contribution is -0.125. The summed E-state index contributed by atoms with van der Waals surface area (Å²) in [6.45, 7) is 7.12. The van der Waals surface area contributed by atoms with Crippen LogP contribution in [0.4, 0.5) is 20.6 Å². The zero-order valence-electron chi connectivity index (χ0n) is 22.1. The molecule has 0 aromatic heterocycles. The predicted octanol–water partition coefficient (Wildman–Crippen LogP) is 4.87. The number of urea groups is 1. The van der Waals surface area contributed by atoms with Gasteiger partial charge in [0.05, 0.1) is 0 Å². The molecule has 0 spiro atoms. The molecule has 2 atom stereocenters. The summed E-state index contributed by atoms with van der Waals surface area (Å²) < 4.78 is 14.7. The van der Waals surface area contributed by atoms with Crippen LogP contribution in [0.3, 0.4) is 0 Å². The molecular formula is C30H33FN4O3. The Labute approximate surface area is 222 Å². The molecule has 1 heterocycles. The number of carbonyl (C=O) groups is 3. The molecule has 0 aliphatic carbocycles. The van der Waals surface area contributed by atoms with Crippen LogP contribution >= 0.6 is 0 Å². The summed E-state index contributed by atoms with van der Waals surface area (Å²) >= 11 is 0. The molecule has 0 saturated carbocycles. The fourth-order valence-corrected chi connectivity index (χ4v) is 5.02. The predicted molar refractivity (Wildman–Crippen MR) is 147 cm³/mol. The lowest BCUT2D eigenvalue weighted by Crippen LogP contribution is -2.55. The summed E-state index contributed by atoms with van der Waals surface area (Å²) in [6, 6.07) is 19.0.